The summed E-state index contributed by atoms with van der Waals surface area (Å²) in [5.41, 5.74) is 5.17. The Morgan fingerprint density at radius 3 is 2.43 bits per heavy atom. The van der Waals surface area contributed by atoms with Crippen LogP contribution in [0.5, 0.6) is 0 Å². The molecule has 0 bridgehead atoms. The van der Waals surface area contributed by atoms with E-state index in [0.29, 0.717) is 26.1 Å². The second-order valence-electron chi connectivity index (χ2n) is 3.38. The predicted octanol–water partition coefficient (Wildman–Crippen LogP) is -0.318. The zero-order chi connectivity index (χ0) is 10.6. The Morgan fingerprint density at radius 2 is 2.00 bits per heavy atom. The van der Waals surface area contributed by atoms with Crippen molar-refractivity contribution in [3.63, 3.8) is 0 Å². The van der Waals surface area contributed by atoms with E-state index in [1.807, 2.05) is 0 Å². The summed E-state index contributed by atoms with van der Waals surface area (Å²) < 4.78 is 15.2. The molecule has 2 N–H and O–H groups in total. The average Bonchev–Trinajstić information content (AvgIpc) is 2.28. The van der Waals surface area contributed by atoms with Crippen LogP contribution < -0.4 is 5.73 Å². The summed E-state index contributed by atoms with van der Waals surface area (Å²) in [4.78, 5) is 11.3. The van der Waals surface area contributed by atoms with Crippen LogP contribution in [-0.2, 0) is 19.0 Å². The number of nitrogens with two attached hydrogens (primary N) is 1. The number of rotatable bonds is 3. The normalized spacial score (nSPS) is 22.8. The predicted molar refractivity (Wildman–Crippen MR) is 49.8 cm³/mol. The van der Waals surface area contributed by atoms with Gasteiger partial charge >= 0.3 is 5.97 Å². The molecule has 1 unspecified atom stereocenters. The van der Waals surface area contributed by atoms with Crippen molar-refractivity contribution in [3.8, 4) is 0 Å². The van der Waals surface area contributed by atoms with Gasteiger partial charge in [-0.15, -0.1) is 0 Å². The van der Waals surface area contributed by atoms with E-state index in [-0.39, 0.29) is 0 Å². The van der Waals surface area contributed by atoms with Gasteiger partial charge in [0.2, 0.25) is 0 Å². The third kappa shape index (κ3) is 2.05. The van der Waals surface area contributed by atoms with Crippen molar-refractivity contribution >= 4 is 5.97 Å². The Hall–Kier alpha value is -0.650. The van der Waals surface area contributed by atoms with Crippen LogP contribution in [-0.4, -0.2) is 45.0 Å². The Balaban J connectivity index is 2.71. The minimum absolute atomic E-state index is 0.436. The van der Waals surface area contributed by atoms with E-state index in [1.54, 1.807) is 7.11 Å². The molecule has 5 heteroatoms. The highest BCUT2D eigenvalue weighted by atomic mass is 16.5. The van der Waals surface area contributed by atoms with Crippen LogP contribution in [0.2, 0.25) is 0 Å². The smallest absolute Gasteiger partial charge is 0.325 e. The van der Waals surface area contributed by atoms with Gasteiger partial charge in [-0.25, -0.2) is 0 Å². The Bertz CT molecular complexity index is 201. The number of ether oxygens (including phenoxy) is 3. The molecule has 0 saturated carbocycles. The lowest BCUT2D eigenvalue weighted by atomic mass is 9.86. The molecule has 0 aromatic rings. The third-order valence-electron chi connectivity index (χ3n) is 2.77. The summed E-state index contributed by atoms with van der Waals surface area (Å²) in [5, 5.41) is 0. The number of esters is 1. The van der Waals surface area contributed by atoms with E-state index in [0.717, 1.165) is 0 Å². The molecule has 1 heterocycles. The van der Waals surface area contributed by atoms with Crippen LogP contribution in [0.15, 0.2) is 0 Å². The summed E-state index contributed by atoms with van der Waals surface area (Å²) in [5.74, 6) is -0.436. The molecule has 0 aliphatic carbocycles. The third-order valence-corrected chi connectivity index (χ3v) is 2.77. The minimum atomic E-state index is -0.735. The highest BCUT2D eigenvalue weighted by Gasteiger charge is 2.43. The Morgan fingerprint density at radius 1 is 1.43 bits per heavy atom. The fourth-order valence-electron chi connectivity index (χ4n) is 1.70. The molecular formula is C9H17NO4. The summed E-state index contributed by atoms with van der Waals surface area (Å²) >= 11 is 0. The first kappa shape index (κ1) is 11.4. The zero-order valence-corrected chi connectivity index (χ0v) is 8.62. The molecule has 0 amide bonds. The largest absolute Gasteiger partial charge is 0.468 e. The van der Waals surface area contributed by atoms with Crippen LogP contribution in [0.25, 0.3) is 0 Å². The molecule has 1 saturated heterocycles. The molecule has 1 aliphatic heterocycles. The highest BCUT2D eigenvalue weighted by Crippen LogP contribution is 2.27. The van der Waals surface area contributed by atoms with E-state index in [4.69, 9.17) is 15.2 Å². The van der Waals surface area contributed by atoms with Crippen LogP contribution in [0.4, 0.5) is 0 Å². The molecule has 14 heavy (non-hydrogen) atoms. The Kier molecular flexibility index (Phi) is 3.86. The lowest BCUT2D eigenvalue weighted by Gasteiger charge is -2.38. The molecule has 1 aliphatic rings. The van der Waals surface area contributed by atoms with Crippen molar-refractivity contribution < 1.29 is 19.0 Å². The number of carbonyl (C=O) groups is 1. The van der Waals surface area contributed by atoms with Crippen molar-refractivity contribution in [3.05, 3.63) is 0 Å². The molecule has 0 spiro atoms. The molecule has 0 radical (unpaired) electrons. The molecule has 0 aromatic heterocycles. The maximum absolute atomic E-state index is 11.3. The van der Waals surface area contributed by atoms with E-state index in [2.05, 4.69) is 4.74 Å². The summed E-state index contributed by atoms with van der Waals surface area (Å²) in [6.07, 6.45) is 1.25. The van der Waals surface area contributed by atoms with Gasteiger partial charge in [-0.3, -0.25) is 4.79 Å². The van der Waals surface area contributed by atoms with Gasteiger partial charge in [0.1, 0.15) is 6.04 Å². The number of methoxy groups -OCH3 is 2. The second-order valence-corrected chi connectivity index (χ2v) is 3.38. The molecule has 1 rings (SSSR count). The van der Waals surface area contributed by atoms with Crippen molar-refractivity contribution in [1.29, 1.82) is 0 Å². The topological polar surface area (TPSA) is 70.8 Å². The van der Waals surface area contributed by atoms with Gasteiger partial charge in [-0.2, -0.15) is 0 Å². The molecular weight excluding hydrogens is 186 g/mol. The first-order valence-electron chi connectivity index (χ1n) is 4.62. The minimum Gasteiger partial charge on any atom is -0.468 e. The lowest BCUT2D eigenvalue weighted by Crippen LogP contribution is -2.57. The summed E-state index contributed by atoms with van der Waals surface area (Å²) in [7, 11) is 2.89. The number of hydrogen-bond acceptors (Lipinski definition) is 5. The maximum atomic E-state index is 11.3. The SMILES string of the molecule is COC(=O)C(N)C1(OC)CCOCC1. The average molecular weight is 203 g/mol. The van der Waals surface area contributed by atoms with E-state index in [9.17, 15) is 4.79 Å². The monoisotopic (exact) mass is 203 g/mol. The van der Waals surface area contributed by atoms with E-state index < -0.39 is 17.6 Å². The molecule has 0 aromatic carbocycles. The van der Waals surface area contributed by atoms with Gasteiger partial charge < -0.3 is 19.9 Å². The molecule has 1 fully saturated rings. The first-order chi connectivity index (χ1) is 6.66. The fourth-order valence-corrected chi connectivity index (χ4v) is 1.70. The molecule has 1 atom stereocenters. The van der Waals surface area contributed by atoms with E-state index >= 15 is 0 Å². The van der Waals surface area contributed by atoms with Gasteiger partial charge in [0, 0.05) is 33.2 Å². The molecule has 5 nitrogen and oxygen atoms in total. The first-order valence-corrected chi connectivity index (χ1v) is 4.62. The van der Waals surface area contributed by atoms with Crippen molar-refractivity contribution in [2.45, 2.75) is 24.5 Å². The fraction of sp³-hybridized carbons (Fsp3) is 0.889. The van der Waals surface area contributed by atoms with Gasteiger partial charge in [0.25, 0.3) is 0 Å². The van der Waals surface area contributed by atoms with Crippen molar-refractivity contribution in [2.24, 2.45) is 5.73 Å². The number of carbonyl (C=O) groups excluding carboxylic acids is 1. The van der Waals surface area contributed by atoms with Crippen molar-refractivity contribution in [2.75, 3.05) is 27.4 Å². The van der Waals surface area contributed by atoms with Gasteiger partial charge in [-0.1, -0.05) is 0 Å². The van der Waals surface area contributed by atoms with Crippen LogP contribution in [0.1, 0.15) is 12.8 Å². The van der Waals surface area contributed by atoms with Gasteiger partial charge in [0.05, 0.1) is 12.7 Å². The second kappa shape index (κ2) is 4.72. The summed E-state index contributed by atoms with van der Waals surface area (Å²) in [6, 6.07) is -0.735. The van der Waals surface area contributed by atoms with Crippen LogP contribution >= 0.6 is 0 Å². The summed E-state index contributed by atoms with van der Waals surface area (Å²) in [6.45, 7) is 1.14. The van der Waals surface area contributed by atoms with Crippen LogP contribution in [0.3, 0.4) is 0 Å². The van der Waals surface area contributed by atoms with Gasteiger partial charge in [-0.05, 0) is 0 Å². The zero-order valence-electron chi connectivity index (χ0n) is 8.62. The maximum Gasteiger partial charge on any atom is 0.325 e. The van der Waals surface area contributed by atoms with Crippen LogP contribution in [0, 0.1) is 0 Å². The standard InChI is InChI=1S/C9H17NO4/c1-12-8(11)7(10)9(13-2)3-5-14-6-4-9/h7H,3-6,10H2,1-2H3. The Labute approximate surface area is 83.5 Å². The van der Waals surface area contributed by atoms with Gasteiger partial charge in [0.15, 0.2) is 0 Å². The lowest BCUT2D eigenvalue weighted by molar-refractivity contribution is -0.158. The van der Waals surface area contributed by atoms with Crippen molar-refractivity contribution in [1.82, 2.24) is 0 Å². The van der Waals surface area contributed by atoms with E-state index in [1.165, 1.54) is 7.11 Å². The number of hydrogen-bond donors (Lipinski definition) is 1. The quantitative estimate of drug-likeness (QED) is 0.637. The molecule has 82 valence electrons. The highest BCUT2D eigenvalue weighted by molar-refractivity contribution is 5.77.